The molecule has 1 aliphatic rings. The van der Waals surface area contributed by atoms with Gasteiger partial charge in [0, 0.05) is 33.3 Å². The second kappa shape index (κ2) is 8.05. The lowest BCUT2D eigenvalue weighted by Crippen LogP contribution is -2.43. The van der Waals surface area contributed by atoms with Gasteiger partial charge in [0.05, 0.1) is 12.1 Å². The molecule has 136 valence electrons. The summed E-state index contributed by atoms with van der Waals surface area (Å²) in [5, 5.41) is 14.8. The molecule has 3 rings (SSSR count). The van der Waals surface area contributed by atoms with Crippen LogP contribution in [0, 0.1) is 0 Å². The molecule has 25 heavy (non-hydrogen) atoms. The molecule has 0 bridgehead atoms. The fourth-order valence-corrected chi connectivity index (χ4v) is 3.38. The van der Waals surface area contributed by atoms with Crippen molar-refractivity contribution in [1.29, 1.82) is 0 Å². The van der Waals surface area contributed by atoms with Gasteiger partial charge in [0.1, 0.15) is 6.61 Å². The van der Waals surface area contributed by atoms with Crippen molar-refractivity contribution in [2.45, 2.75) is 31.7 Å². The van der Waals surface area contributed by atoms with Crippen LogP contribution in [0.2, 0.25) is 0 Å². The van der Waals surface area contributed by atoms with Crippen molar-refractivity contribution < 1.29 is 14.4 Å². The molecule has 0 spiro atoms. The number of hydrogen-bond donors (Lipinski definition) is 1. The Morgan fingerprint density at radius 3 is 2.92 bits per heavy atom. The van der Waals surface area contributed by atoms with Gasteiger partial charge in [-0.25, -0.2) is 0 Å². The van der Waals surface area contributed by atoms with E-state index in [0.29, 0.717) is 38.0 Å². The molecule has 1 aliphatic heterocycles. The number of rotatable bonds is 8. The van der Waals surface area contributed by atoms with Crippen LogP contribution >= 0.6 is 0 Å². The van der Waals surface area contributed by atoms with Crippen LogP contribution in [0.1, 0.15) is 23.7 Å². The fraction of sp³-hybridized carbons (Fsp3) is 0.556. The second-order valence-electron chi connectivity index (χ2n) is 6.88. The zero-order valence-electron chi connectivity index (χ0n) is 14.9. The van der Waals surface area contributed by atoms with E-state index in [1.807, 2.05) is 30.1 Å². The predicted octanol–water partition coefficient (Wildman–Crippen LogP) is 1.28. The number of hydrogen-bond acceptors (Lipinski definition) is 7. The summed E-state index contributed by atoms with van der Waals surface area (Å²) in [5.74, 6) is 1.08. The molecule has 1 aromatic carbocycles. The van der Waals surface area contributed by atoms with Gasteiger partial charge in [0.15, 0.2) is 5.82 Å². The Labute approximate surface area is 148 Å². The summed E-state index contributed by atoms with van der Waals surface area (Å²) >= 11 is 0. The molecule has 7 heteroatoms. The minimum Gasteiger partial charge on any atom is -0.387 e. The maximum Gasteiger partial charge on any atom is 0.240 e. The molecule has 2 aromatic rings. The third-order valence-electron chi connectivity index (χ3n) is 4.41. The number of β-amino-alcohol motifs (C(OH)–C–C–N with tert-alkyl or cyclic N) is 1. The van der Waals surface area contributed by atoms with Crippen LogP contribution in [0.3, 0.4) is 0 Å². The topological polar surface area (TPSA) is 74.9 Å². The van der Waals surface area contributed by atoms with Crippen molar-refractivity contribution in [2.24, 2.45) is 0 Å². The monoisotopic (exact) mass is 346 g/mol. The van der Waals surface area contributed by atoms with Crippen LogP contribution in [0.25, 0.3) is 0 Å². The van der Waals surface area contributed by atoms with Gasteiger partial charge in [0.25, 0.3) is 0 Å². The van der Waals surface area contributed by atoms with Gasteiger partial charge in [-0.05, 0) is 19.0 Å². The molecule has 1 fully saturated rings. The Balaban J connectivity index is 1.49. The predicted molar refractivity (Wildman–Crippen MR) is 92.6 cm³/mol. The molecule has 1 saturated heterocycles. The Kier molecular flexibility index (Phi) is 5.80. The average Bonchev–Trinajstić information content (AvgIpc) is 3.15. The van der Waals surface area contributed by atoms with E-state index in [-0.39, 0.29) is 0 Å². The van der Waals surface area contributed by atoms with Crippen molar-refractivity contribution in [1.82, 2.24) is 19.9 Å². The Bertz CT molecular complexity index is 663. The van der Waals surface area contributed by atoms with Gasteiger partial charge in [0.2, 0.25) is 5.89 Å². The van der Waals surface area contributed by atoms with Gasteiger partial charge in [-0.2, -0.15) is 4.98 Å². The SMILES string of the molecule is COCc1noc(CN(C)CC2(O)CCN(Cc3ccccc3)C2)n1. The molecule has 1 N–H and O–H groups in total. The zero-order chi connectivity index (χ0) is 17.7. The maximum atomic E-state index is 10.9. The zero-order valence-corrected chi connectivity index (χ0v) is 14.9. The number of likely N-dealkylation sites (tertiary alicyclic amines) is 1. The smallest absolute Gasteiger partial charge is 0.240 e. The Morgan fingerprint density at radius 2 is 2.16 bits per heavy atom. The van der Waals surface area contributed by atoms with E-state index >= 15 is 0 Å². The summed E-state index contributed by atoms with van der Waals surface area (Å²) in [6.45, 7) is 3.86. The summed E-state index contributed by atoms with van der Waals surface area (Å²) in [7, 11) is 3.55. The molecule has 0 amide bonds. The van der Waals surface area contributed by atoms with Crippen LogP contribution in [0.5, 0.6) is 0 Å². The number of ether oxygens (including phenoxy) is 1. The molecule has 1 atom stereocenters. The number of nitrogens with zero attached hydrogens (tertiary/aromatic N) is 4. The fourth-order valence-electron chi connectivity index (χ4n) is 3.38. The lowest BCUT2D eigenvalue weighted by Gasteiger charge is -2.28. The summed E-state index contributed by atoms with van der Waals surface area (Å²) in [5.41, 5.74) is 0.565. The first-order valence-corrected chi connectivity index (χ1v) is 8.54. The van der Waals surface area contributed by atoms with E-state index in [1.165, 1.54) is 5.56 Å². The van der Waals surface area contributed by atoms with Crippen molar-refractivity contribution in [3.8, 4) is 0 Å². The Morgan fingerprint density at radius 1 is 1.36 bits per heavy atom. The van der Waals surface area contributed by atoms with Gasteiger partial charge in [-0.15, -0.1) is 0 Å². The van der Waals surface area contributed by atoms with E-state index in [2.05, 4.69) is 27.2 Å². The summed E-state index contributed by atoms with van der Waals surface area (Å²) in [6, 6.07) is 10.4. The molecule has 2 heterocycles. The number of likely N-dealkylation sites (N-methyl/N-ethyl adjacent to an activating group) is 1. The standard InChI is InChI=1S/C18H26N4O3/c1-21(11-17-19-16(12-24-2)20-25-17)13-18(23)8-9-22(14-18)10-15-6-4-3-5-7-15/h3-7,23H,8-14H2,1-2H3. The summed E-state index contributed by atoms with van der Waals surface area (Å²) in [4.78, 5) is 8.59. The van der Waals surface area contributed by atoms with Crippen molar-refractivity contribution >= 4 is 0 Å². The minimum absolute atomic E-state index is 0.339. The number of benzene rings is 1. The van der Waals surface area contributed by atoms with Gasteiger partial charge in [-0.1, -0.05) is 35.5 Å². The molecular formula is C18H26N4O3. The maximum absolute atomic E-state index is 10.9. The Hall–Kier alpha value is -1.80. The van der Waals surface area contributed by atoms with Crippen LogP contribution in [0.15, 0.2) is 34.9 Å². The third kappa shape index (κ3) is 5.09. The highest BCUT2D eigenvalue weighted by Crippen LogP contribution is 2.24. The minimum atomic E-state index is -0.709. The molecule has 7 nitrogen and oxygen atoms in total. The molecular weight excluding hydrogens is 320 g/mol. The molecule has 1 aromatic heterocycles. The highest BCUT2D eigenvalue weighted by Gasteiger charge is 2.37. The number of aromatic nitrogens is 2. The molecule has 0 aliphatic carbocycles. The van der Waals surface area contributed by atoms with E-state index in [0.717, 1.165) is 19.5 Å². The van der Waals surface area contributed by atoms with E-state index < -0.39 is 5.60 Å². The first-order valence-electron chi connectivity index (χ1n) is 8.54. The number of methoxy groups -OCH3 is 1. The van der Waals surface area contributed by atoms with E-state index in [9.17, 15) is 5.11 Å². The molecule has 0 saturated carbocycles. The van der Waals surface area contributed by atoms with Crippen LogP contribution in [-0.4, -0.2) is 64.4 Å². The highest BCUT2D eigenvalue weighted by molar-refractivity contribution is 5.15. The van der Waals surface area contributed by atoms with Crippen molar-refractivity contribution in [2.75, 3.05) is 33.8 Å². The first kappa shape index (κ1) is 18.0. The highest BCUT2D eigenvalue weighted by atomic mass is 16.5. The normalized spacial score (nSPS) is 21.3. The summed E-state index contributed by atoms with van der Waals surface area (Å²) < 4.78 is 10.2. The lowest BCUT2D eigenvalue weighted by atomic mass is 10.0. The summed E-state index contributed by atoms with van der Waals surface area (Å²) in [6.07, 6.45) is 0.767. The molecule has 0 radical (unpaired) electrons. The van der Waals surface area contributed by atoms with Crippen LogP contribution in [0.4, 0.5) is 0 Å². The second-order valence-corrected chi connectivity index (χ2v) is 6.88. The van der Waals surface area contributed by atoms with Crippen molar-refractivity contribution in [3.63, 3.8) is 0 Å². The van der Waals surface area contributed by atoms with Crippen LogP contribution in [-0.2, 0) is 24.4 Å². The van der Waals surface area contributed by atoms with Gasteiger partial charge >= 0.3 is 0 Å². The van der Waals surface area contributed by atoms with Gasteiger partial charge in [-0.3, -0.25) is 9.80 Å². The van der Waals surface area contributed by atoms with E-state index in [4.69, 9.17) is 9.26 Å². The van der Waals surface area contributed by atoms with Crippen molar-refractivity contribution in [3.05, 3.63) is 47.6 Å². The van der Waals surface area contributed by atoms with Gasteiger partial charge < -0.3 is 14.4 Å². The lowest BCUT2D eigenvalue weighted by molar-refractivity contribution is 0.0141. The number of aliphatic hydroxyl groups is 1. The largest absolute Gasteiger partial charge is 0.387 e. The van der Waals surface area contributed by atoms with E-state index in [1.54, 1.807) is 7.11 Å². The first-order chi connectivity index (χ1) is 12.1. The average molecular weight is 346 g/mol. The quantitative estimate of drug-likeness (QED) is 0.772. The van der Waals surface area contributed by atoms with Crippen LogP contribution < -0.4 is 0 Å². The molecule has 1 unspecified atom stereocenters. The third-order valence-corrected chi connectivity index (χ3v) is 4.41.